The van der Waals surface area contributed by atoms with Crippen molar-refractivity contribution in [1.29, 1.82) is 0 Å². The van der Waals surface area contributed by atoms with Crippen LogP contribution in [-0.4, -0.2) is 10.2 Å². The average molecular weight is 273 g/mol. The molecular weight excluding hydrogens is 250 g/mol. The first-order chi connectivity index (χ1) is 9.63. The molecule has 108 valence electrons. The summed E-state index contributed by atoms with van der Waals surface area (Å²) in [6.45, 7) is 1.91. The largest absolute Gasteiger partial charge is 0.324 e. The SMILES string of the molecule is CC(N)c1c(C2C3CC4CC(C3)CC2C4)cn[nH]c1=O. The van der Waals surface area contributed by atoms with Crippen molar-refractivity contribution in [2.24, 2.45) is 29.4 Å². The van der Waals surface area contributed by atoms with Gasteiger partial charge < -0.3 is 5.73 Å². The fourth-order valence-electron chi connectivity index (χ4n) is 5.59. The molecule has 4 fully saturated rings. The molecule has 4 heteroatoms. The predicted molar refractivity (Wildman–Crippen MR) is 77.2 cm³/mol. The van der Waals surface area contributed by atoms with Gasteiger partial charge in [0.15, 0.2) is 0 Å². The number of rotatable bonds is 2. The van der Waals surface area contributed by atoms with Crippen LogP contribution in [0.5, 0.6) is 0 Å². The molecule has 1 atom stereocenters. The first-order valence-corrected chi connectivity index (χ1v) is 7.96. The fourth-order valence-corrected chi connectivity index (χ4v) is 5.59. The second-order valence-electron chi connectivity index (χ2n) is 7.31. The normalized spacial score (nSPS) is 40.0. The third-order valence-corrected chi connectivity index (χ3v) is 5.97. The van der Waals surface area contributed by atoms with Gasteiger partial charge in [-0.25, -0.2) is 5.10 Å². The lowest BCUT2D eigenvalue weighted by atomic mass is 9.50. The lowest BCUT2D eigenvalue weighted by Gasteiger charge is -2.54. The summed E-state index contributed by atoms with van der Waals surface area (Å²) in [5.74, 6) is 3.93. The lowest BCUT2D eigenvalue weighted by Crippen LogP contribution is -2.44. The predicted octanol–water partition coefficient (Wildman–Crippen LogP) is 2.33. The first kappa shape index (κ1) is 12.6. The van der Waals surface area contributed by atoms with Crippen LogP contribution < -0.4 is 11.3 Å². The van der Waals surface area contributed by atoms with Crippen LogP contribution in [0.1, 0.15) is 62.1 Å². The van der Waals surface area contributed by atoms with Crippen LogP contribution in [0.15, 0.2) is 11.0 Å². The van der Waals surface area contributed by atoms with E-state index in [9.17, 15) is 4.79 Å². The van der Waals surface area contributed by atoms with Crippen LogP contribution >= 0.6 is 0 Å². The minimum Gasteiger partial charge on any atom is -0.324 e. The topological polar surface area (TPSA) is 71.8 Å². The molecule has 4 nitrogen and oxygen atoms in total. The Morgan fingerprint density at radius 1 is 1.20 bits per heavy atom. The first-order valence-electron chi connectivity index (χ1n) is 7.96. The number of H-pyrrole nitrogens is 1. The van der Waals surface area contributed by atoms with E-state index in [4.69, 9.17) is 5.73 Å². The third kappa shape index (κ3) is 1.77. The highest BCUT2D eigenvalue weighted by molar-refractivity contribution is 5.30. The van der Waals surface area contributed by atoms with E-state index in [0.717, 1.165) is 34.8 Å². The number of aromatic amines is 1. The second-order valence-corrected chi connectivity index (χ2v) is 7.31. The highest BCUT2D eigenvalue weighted by atomic mass is 16.1. The number of aromatic nitrogens is 2. The highest BCUT2D eigenvalue weighted by Gasteiger charge is 2.49. The molecule has 0 aliphatic heterocycles. The fraction of sp³-hybridized carbons (Fsp3) is 0.750. The zero-order valence-electron chi connectivity index (χ0n) is 12.0. The van der Waals surface area contributed by atoms with Crippen LogP contribution in [0.4, 0.5) is 0 Å². The van der Waals surface area contributed by atoms with Gasteiger partial charge in [0.2, 0.25) is 0 Å². The lowest BCUT2D eigenvalue weighted by molar-refractivity contribution is -0.00333. The highest BCUT2D eigenvalue weighted by Crippen LogP contribution is 2.60. The Kier molecular flexibility index (Phi) is 2.78. The summed E-state index contributed by atoms with van der Waals surface area (Å²) in [7, 11) is 0. The molecule has 0 radical (unpaired) electrons. The van der Waals surface area contributed by atoms with Gasteiger partial charge in [0.25, 0.3) is 5.56 Å². The van der Waals surface area contributed by atoms with Gasteiger partial charge in [-0.05, 0) is 74.2 Å². The number of hydrogen-bond donors (Lipinski definition) is 2. The standard InChI is InChI=1S/C16H23N3O/c1-8(17)14-13(7-18-19-16(14)20)15-11-3-9-2-10(5-11)6-12(15)4-9/h7-12,15H,2-6,17H2,1H3,(H,19,20). The summed E-state index contributed by atoms with van der Waals surface area (Å²) in [4.78, 5) is 12.1. The Morgan fingerprint density at radius 2 is 1.80 bits per heavy atom. The average Bonchev–Trinajstić information content (AvgIpc) is 2.36. The molecule has 1 heterocycles. The molecular formula is C16H23N3O. The van der Waals surface area contributed by atoms with Gasteiger partial charge in [-0.2, -0.15) is 5.10 Å². The van der Waals surface area contributed by atoms with E-state index in [2.05, 4.69) is 10.2 Å². The number of nitrogens with two attached hydrogens (primary N) is 1. The van der Waals surface area contributed by atoms with Crippen molar-refractivity contribution in [3.8, 4) is 0 Å². The molecule has 0 saturated heterocycles. The van der Waals surface area contributed by atoms with Gasteiger partial charge >= 0.3 is 0 Å². The van der Waals surface area contributed by atoms with E-state index in [1.807, 2.05) is 13.1 Å². The van der Waals surface area contributed by atoms with E-state index in [0.29, 0.717) is 5.92 Å². The maximum atomic E-state index is 12.1. The molecule has 1 unspecified atom stereocenters. The van der Waals surface area contributed by atoms with Gasteiger partial charge in [0.05, 0.1) is 6.20 Å². The van der Waals surface area contributed by atoms with Crippen LogP contribution in [0.25, 0.3) is 0 Å². The van der Waals surface area contributed by atoms with Gasteiger partial charge in [0.1, 0.15) is 0 Å². The van der Waals surface area contributed by atoms with E-state index in [1.165, 1.54) is 32.1 Å². The van der Waals surface area contributed by atoms with Crippen molar-refractivity contribution in [3.63, 3.8) is 0 Å². The van der Waals surface area contributed by atoms with E-state index >= 15 is 0 Å². The van der Waals surface area contributed by atoms with E-state index in [1.54, 1.807) is 0 Å². The summed E-state index contributed by atoms with van der Waals surface area (Å²) in [6.07, 6.45) is 8.73. The Labute approximate surface area is 119 Å². The zero-order chi connectivity index (χ0) is 13.9. The maximum Gasteiger partial charge on any atom is 0.269 e. The smallest absolute Gasteiger partial charge is 0.269 e. The molecule has 0 amide bonds. The van der Waals surface area contributed by atoms with Crippen LogP contribution in [-0.2, 0) is 0 Å². The summed E-state index contributed by atoms with van der Waals surface area (Å²) in [6, 6.07) is -0.214. The zero-order valence-corrected chi connectivity index (χ0v) is 12.0. The summed E-state index contributed by atoms with van der Waals surface area (Å²) >= 11 is 0. The van der Waals surface area contributed by atoms with Crippen molar-refractivity contribution in [3.05, 3.63) is 27.7 Å². The quantitative estimate of drug-likeness (QED) is 0.868. The number of nitrogens with zero attached hydrogens (tertiary/aromatic N) is 1. The minimum absolute atomic E-state index is 0.0914. The molecule has 3 N–H and O–H groups in total. The molecule has 4 aliphatic rings. The summed E-state index contributed by atoms with van der Waals surface area (Å²) < 4.78 is 0. The summed E-state index contributed by atoms with van der Waals surface area (Å²) in [5.41, 5.74) is 7.90. The third-order valence-electron chi connectivity index (χ3n) is 5.97. The van der Waals surface area contributed by atoms with Crippen LogP contribution in [0.3, 0.4) is 0 Å². The Balaban J connectivity index is 1.78. The van der Waals surface area contributed by atoms with Crippen LogP contribution in [0, 0.1) is 23.7 Å². The number of nitrogens with one attached hydrogen (secondary N) is 1. The Hall–Kier alpha value is -1.16. The monoisotopic (exact) mass is 273 g/mol. The molecule has 4 saturated carbocycles. The molecule has 0 spiro atoms. The Bertz CT molecular complexity index is 549. The van der Waals surface area contributed by atoms with Gasteiger partial charge in [0, 0.05) is 11.6 Å². The van der Waals surface area contributed by atoms with Crippen LogP contribution in [0.2, 0.25) is 0 Å². The molecule has 5 rings (SSSR count). The minimum atomic E-state index is -0.214. The maximum absolute atomic E-state index is 12.1. The van der Waals surface area contributed by atoms with Crippen molar-refractivity contribution < 1.29 is 0 Å². The molecule has 4 bridgehead atoms. The molecule has 4 aliphatic carbocycles. The molecule has 1 aromatic heterocycles. The summed E-state index contributed by atoms with van der Waals surface area (Å²) in [5, 5.41) is 6.63. The van der Waals surface area contributed by atoms with Gasteiger partial charge in [-0.1, -0.05) is 0 Å². The van der Waals surface area contributed by atoms with E-state index in [-0.39, 0.29) is 11.6 Å². The van der Waals surface area contributed by atoms with Crippen molar-refractivity contribution in [2.75, 3.05) is 0 Å². The Morgan fingerprint density at radius 3 is 2.35 bits per heavy atom. The number of hydrogen-bond acceptors (Lipinski definition) is 3. The van der Waals surface area contributed by atoms with Crippen molar-refractivity contribution >= 4 is 0 Å². The van der Waals surface area contributed by atoms with Crippen molar-refractivity contribution in [1.82, 2.24) is 10.2 Å². The molecule has 1 aromatic rings. The molecule has 0 aromatic carbocycles. The molecule has 20 heavy (non-hydrogen) atoms. The van der Waals surface area contributed by atoms with Gasteiger partial charge in [-0.3, -0.25) is 4.79 Å². The van der Waals surface area contributed by atoms with Crippen molar-refractivity contribution in [2.45, 2.75) is 51.0 Å². The second kappa shape index (κ2) is 4.42. The van der Waals surface area contributed by atoms with Gasteiger partial charge in [-0.15, -0.1) is 0 Å². The van der Waals surface area contributed by atoms with E-state index < -0.39 is 0 Å².